The standard InChI is InChI=1S/C22H24N2O4S/c25-19(14-9-4-5-10-15(14)22(27)28)24-21-18(16-11-6-12-17(16)29-21)20(26)23-13-7-2-1-3-8-13/h1-3,7-8,14-15H,4-6,9-12H2,(H,23,26)(H,24,25)(H,27,28)/t14-,15+/m0/s1. The van der Waals surface area contributed by atoms with Crippen molar-refractivity contribution in [3.05, 3.63) is 46.3 Å². The van der Waals surface area contributed by atoms with Crippen LogP contribution in [0.4, 0.5) is 10.7 Å². The van der Waals surface area contributed by atoms with Gasteiger partial charge in [0.25, 0.3) is 5.91 Å². The predicted octanol–water partition coefficient (Wildman–Crippen LogP) is 4.32. The largest absolute Gasteiger partial charge is 0.481 e. The number of carbonyl (C=O) groups excluding carboxylic acids is 2. The number of hydrogen-bond acceptors (Lipinski definition) is 4. The summed E-state index contributed by atoms with van der Waals surface area (Å²) in [5.41, 5.74) is 2.24. The second-order valence-corrected chi connectivity index (χ2v) is 8.81. The molecule has 152 valence electrons. The zero-order chi connectivity index (χ0) is 20.4. The Morgan fingerprint density at radius 2 is 1.66 bits per heavy atom. The number of aliphatic carboxylic acids is 1. The molecule has 2 aliphatic carbocycles. The quantitative estimate of drug-likeness (QED) is 0.682. The van der Waals surface area contributed by atoms with Crippen LogP contribution in [0.3, 0.4) is 0 Å². The Kier molecular flexibility index (Phi) is 5.67. The van der Waals surface area contributed by atoms with Crippen molar-refractivity contribution in [3.63, 3.8) is 0 Å². The highest BCUT2D eigenvalue weighted by Gasteiger charge is 2.37. The highest BCUT2D eigenvalue weighted by molar-refractivity contribution is 7.17. The number of rotatable bonds is 5. The molecule has 2 atom stereocenters. The summed E-state index contributed by atoms with van der Waals surface area (Å²) < 4.78 is 0. The van der Waals surface area contributed by atoms with E-state index < -0.39 is 17.8 Å². The number of carboxylic acid groups (broad SMARTS) is 1. The molecule has 1 aromatic carbocycles. The van der Waals surface area contributed by atoms with Crippen molar-refractivity contribution in [2.75, 3.05) is 10.6 Å². The molecule has 0 unspecified atom stereocenters. The molecule has 1 aromatic heterocycles. The average molecular weight is 413 g/mol. The van der Waals surface area contributed by atoms with Gasteiger partial charge in [0.2, 0.25) is 5.91 Å². The second kappa shape index (κ2) is 8.37. The van der Waals surface area contributed by atoms with E-state index in [1.807, 2.05) is 30.3 Å². The number of carboxylic acids is 1. The molecule has 2 amide bonds. The van der Waals surface area contributed by atoms with Gasteiger partial charge >= 0.3 is 5.97 Å². The Morgan fingerprint density at radius 1 is 0.931 bits per heavy atom. The van der Waals surface area contributed by atoms with Gasteiger partial charge in [-0.15, -0.1) is 11.3 Å². The van der Waals surface area contributed by atoms with E-state index in [9.17, 15) is 19.5 Å². The van der Waals surface area contributed by atoms with Crippen LogP contribution in [0, 0.1) is 11.8 Å². The molecule has 2 aromatic rings. The normalized spacial score (nSPS) is 20.7. The van der Waals surface area contributed by atoms with Crippen LogP contribution in [0.15, 0.2) is 30.3 Å². The lowest BCUT2D eigenvalue weighted by Crippen LogP contribution is -2.36. The maximum Gasteiger partial charge on any atom is 0.307 e. The molecule has 3 N–H and O–H groups in total. The number of fused-ring (bicyclic) bond motifs is 1. The van der Waals surface area contributed by atoms with Gasteiger partial charge in [-0.2, -0.15) is 0 Å². The van der Waals surface area contributed by atoms with Gasteiger partial charge < -0.3 is 15.7 Å². The van der Waals surface area contributed by atoms with Crippen molar-refractivity contribution in [3.8, 4) is 0 Å². The van der Waals surface area contributed by atoms with Gasteiger partial charge in [0.1, 0.15) is 5.00 Å². The highest BCUT2D eigenvalue weighted by Crippen LogP contribution is 2.40. The lowest BCUT2D eigenvalue weighted by molar-refractivity contribution is -0.147. The van der Waals surface area contributed by atoms with Gasteiger partial charge in [0.15, 0.2) is 0 Å². The van der Waals surface area contributed by atoms with Crippen LogP contribution < -0.4 is 10.6 Å². The first-order valence-electron chi connectivity index (χ1n) is 10.1. The first-order valence-corrected chi connectivity index (χ1v) is 10.9. The van der Waals surface area contributed by atoms with Crippen LogP contribution in [0.2, 0.25) is 0 Å². The number of carbonyl (C=O) groups is 3. The number of benzene rings is 1. The number of anilines is 2. The number of amides is 2. The molecule has 2 aliphatic rings. The number of nitrogens with one attached hydrogen (secondary N) is 2. The zero-order valence-corrected chi connectivity index (χ0v) is 16.9. The SMILES string of the molecule is O=C(Nc1ccccc1)c1c(NC(=O)[C@H]2CCCC[C@H]2C(=O)O)sc2c1CCC2. The molecule has 0 spiro atoms. The van der Waals surface area contributed by atoms with Crippen molar-refractivity contribution in [1.29, 1.82) is 0 Å². The summed E-state index contributed by atoms with van der Waals surface area (Å²) in [5.74, 6) is -2.64. The van der Waals surface area contributed by atoms with E-state index in [1.54, 1.807) is 0 Å². The van der Waals surface area contributed by atoms with Crippen LogP contribution >= 0.6 is 11.3 Å². The van der Waals surface area contributed by atoms with Crippen molar-refractivity contribution in [2.24, 2.45) is 11.8 Å². The maximum atomic E-state index is 13.0. The molecular formula is C22H24N2O4S. The molecule has 0 saturated heterocycles. The van der Waals surface area contributed by atoms with E-state index in [1.165, 1.54) is 11.3 Å². The number of para-hydroxylation sites is 1. The molecule has 29 heavy (non-hydrogen) atoms. The zero-order valence-electron chi connectivity index (χ0n) is 16.1. The molecule has 6 nitrogen and oxygen atoms in total. The van der Waals surface area contributed by atoms with Crippen molar-refractivity contribution in [1.82, 2.24) is 0 Å². The van der Waals surface area contributed by atoms with Gasteiger partial charge in [-0.25, -0.2) is 0 Å². The Morgan fingerprint density at radius 3 is 2.38 bits per heavy atom. The van der Waals surface area contributed by atoms with Crippen LogP contribution in [-0.2, 0) is 22.4 Å². The van der Waals surface area contributed by atoms with Crippen LogP contribution in [0.25, 0.3) is 0 Å². The molecule has 0 radical (unpaired) electrons. The second-order valence-electron chi connectivity index (χ2n) is 7.71. The predicted molar refractivity (Wildman–Crippen MR) is 112 cm³/mol. The van der Waals surface area contributed by atoms with Crippen molar-refractivity contribution < 1.29 is 19.5 Å². The van der Waals surface area contributed by atoms with E-state index in [0.29, 0.717) is 29.1 Å². The first-order chi connectivity index (χ1) is 14.0. The maximum absolute atomic E-state index is 13.0. The Hall–Kier alpha value is -2.67. The Labute approximate surface area is 173 Å². The lowest BCUT2D eigenvalue weighted by atomic mass is 9.79. The van der Waals surface area contributed by atoms with Crippen LogP contribution in [-0.4, -0.2) is 22.9 Å². The summed E-state index contributed by atoms with van der Waals surface area (Å²) in [6.45, 7) is 0. The molecule has 7 heteroatoms. The Balaban J connectivity index is 1.58. The fourth-order valence-corrected chi connectivity index (χ4v) is 5.68. The van der Waals surface area contributed by atoms with Gasteiger partial charge in [0, 0.05) is 10.6 Å². The number of thiophene rings is 1. The molecule has 0 bridgehead atoms. The van der Waals surface area contributed by atoms with Crippen molar-refractivity contribution >= 4 is 39.8 Å². The molecule has 0 aliphatic heterocycles. The lowest BCUT2D eigenvalue weighted by Gasteiger charge is -2.27. The molecular weight excluding hydrogens is 388 g/mol. The molecule has 1 heterocycles. The summed E-state index contributed by atoms with van der Waals surface area (Å²) in [6.07, 6.45) is 5.51. The Bertz CT molecular complexity index is 938. The third kappa shape index (κ3) is 4.05. The summed E-state index contributed by atoms with van der Waals surface area (Å²) in [6, 6.07) is 9.23. The molecule has 1 saturated carbocycles. The van der Waals surface area contributed by atoms with E-state index >= 15 is 0 Å². The van der Waals surface area contributed by atoms with Crippen LogP contribution in [0.5, 0.6) is 0 Å². The fourth-order valence-electron chi connectivity index (χ4n) is 4.39. The minimum atomic E-state index is -0.916. The minimum absolute atomic E-state index is 0.232. The third-order valence-electron chi connectivity index (χ3n) is 5.84. The van der Waals surface area contributed by atoms with Gasteiger partial charge in [0.05, 0.1) is 17.4 Å². The smallest absolute Gasteiger partial charge is 0.307 e. The van der Waals surface area contributed by atoms with Gasteiger partial charge in [-0.3, -0.25) is 14.4 Å². The molecule has 1 fully saturated rings. The summed E-state index contributed by atoms with van der Waals surface area (Å²) >= 11 is 1.45. The average Bonchev–Trinajstić information content (AvgIpc) is 3.29. The fraction of sp³-hybridized carbons (Fsp3) is 0.409. The minimum Gasteiger partial charge on any atom is -0.481 e. The van der Waals surface area contributed by atoms with Crippen molar-refractivity contribution in [2.45, 2.75) is 44.9 Å². The highest BCUT2D eigenvalue weighted by atomic mass is 32.1. The van der Waals surface area contributed by atoms with E-state index in [4.69, 9.17) is 0 Å². The third-order valence-corrected chi connectivity index (χ3v) is 7.04. The van der Waals surface area contributed by atoms with E-state index in [-0.39, 0.29) is 11.8 Å². The van der Waals surface area contributed by atoms with Gasteiger partial charge in [-0.05, 0) is 49.8 Å². The van der Waals surface area contributed by atoms with Crippen LogP contribution in [0.1, 0.15) is 52.9 Å². The topological polar surface area (TPSA) is 95.5 Å². The summed E-state index contributed by atoms with van der Waals surface area (Å²) in [7, 11) is 0. The van der Waals surface area contributed by atoms with Gasteiger partial charge in [-0.1, -0.05) is 31.0 Å². The summed E-state index contributed by atoms with van der Waals surface area (Å²) in [5, 5.41) is 15.9. The number of hydrogen-bond donors (Lipinski definition) is 3. The van der Waals surface area contributed by atoms with E-state index in [0.717, 1.165) is 42.5 Å². The monoisotopic (exact) mass is 412 g/mol. The van der Waals surface area contributed by atoms with E-state index in [2.05, 4.69) is 10.6 Å². The molecule has 4 rings (SSSR count). The number of aryl methyl sites for hydroxylation is 1. The first kappa shape index (κ1) is 19.6. The summed E-state index contributed by atoms with van der Waals surface area (Å²) in [4.78, 5) is 38.7.